The number of hydrogen-bond acceptors (Lipinski definition) is 8. The molecular weight excluding hydrogens is 757 g/mol. The van der Waals surface area contributed by atoms with Crippen molar-refractivity contribution in [2.24, 2.45) is 0 Å². The van der Waals surface area contributed by atoms with E-state index in [0.717, 1.165) is 51.4 Å². The van der Waals surface area contributed by atoms with Crippen LogP contribution in [-0.4, -0.2) is 64.9 Å². The van der Waals surface area contributed by atoms with Gasteiger partial charge in [0.15, 0.2) is 6.04 Å². The molecule has 0 aromatic heterocycles. The number of esters is 1. The van der Waals surface area contributed by atoms with Gasteiger partial charge in [-0.15, -0.1) is 0 Å². The number of carbonyl (C=O) groups excluding carboxylic acids is 2. The van der Waals surface area contributed by atoms with Gasteiger partial charge in [0.2, 0.25) is 5.91 Å². The first kappa shape index (κ1) is 56.0. The molecule has 1 amide bonds. The van der Waals surface area contributed by atoms with Crippen molar-refractivity contribution in [2.45, 2.75) is 231 Å². The SMILES string of the molecule is CCCCC/C=C\C/C=C\CCCCCCCCCC(=O)OCC(O)COP(=O)(O)OCC(NC(=O)CCCCCCCCCCCCCCCCCCC)C(=O)O. The van der Waals surface area contributed by atoms with E-state index in [-0.39, 0.29) is 12.8 Å². The summed E-state index contributed by atoms with van der Waals surface area (Å²) < 4.78 is 26.9. The molecular formula is C46H86NO10P. The lowest BCUT2D eigenvalue weighted by Gasteiger charge is -2.18. The maximum Gasteiger partial charge on any atom is 0.472 e. The van der Waals surface area contributed by atoms with Gasteiger partial charge >= 0.3 is 19.8 Å². The Balaban J connectivity index is 3.86. The van der Waals surface area contributed by atoms with Crippen molar-refractivity contribution in [3.8, 4) is 0 Å². The molecule has 4 N–H and O–H groups in total. The van der Waals surface area contributed by atoms with Crippen molar-refractivity contribution in [1.29, 1.82) is 0 Å². The molecule has 0 aliphatic heterocycles. The molecule has 0 heterocycles. The molecule has 0 saturated carbocycles. The Labute approximate surface area is 353 Å². The summed E-state index contributed by atoms with van der Waals surface area (Å²) >= 11 is 0. The lowest BCUT2D eigenvalue weighted by molar-refractivity contribution is -0.147. The van der Waals surface area contributed by atoms with Crippen LogP contribution in [0.25, 0.3) is 0 Å². The minimum atomic E-state index is -4.76. The number of hydrogen-bond donors (Lipinski definition) is 4. The van der Waals surface area contributed by atoms with Crippen molar-refractivity contribution in [1.82, 2.24) is 5.32 Å². The van der Waals surface area contributed by atoms with E-state index in [1.54, 1.807) is 0 Å². The lowest BCUT2D eigenvalue weighted by atomic mass is 10.0. The molecule has 0 aromatic carbocycles. The summed E-state index contributed by atoms with van der Waals surface area (Å²) in [6.07, 6.45) is 43.3. The predicted molar refractivity (Wildman–Crippen MR) is 236 cm³/mol. The van der Waals surface area contributed by atoms with Crippen molar-refractivity contribution >= 4 is 25.7 Å². The zero-order valence-electron chi connectivity index (χ0n) is 36.9. The second kappa shape index (κ2) is 41.7. The average molecular weight is 844 g/mol. The third-order valence-electron chi connectivity index (χ3n) is 10.2. The van der Waals surface area contributed by atoms with Crippen molar-refractivity contribution in [3.63, 3.8) is 0 Å². The van der Waals surface area contributed by atoms with E-state index in [9.17, 15) is 34.1 Å². The van der Waals surface area contributed by atoms with Gasteiger partial charge < -0.3 is 25.2 Å². The van der Waals surface area contributed by atoms with Crippen LogP contribution in [0.2, 0.25) is 0 Å². The Bertz CT molecular complexity index is 1080. The first-order valence-corrected chi connectivity index (χ1v) is 24.9. The minimum Gasteiger partial charge on any atom is -0.480 e. The highest BCUT2D eigenvalue weighted by atomic mass is 31.2. The van der Waals surface area contributed by atoms with E-state index in [0.29, 0.717) is 12.8 Å². The summed E-state index contributed by atoms with van der Waals surface area (Å²) in [6, 6.07) is -1.54. The number of amides is 1. The molecule has 11 nitrogen and oxygen atoms in total. The number of aliphatic hydroxyl groups excluding tert-OH is 1. The van der Waals surface area contributed by atoms with E-state index >= 15 is 0 Å². The number of allylic oxidation sites excluding steroid dienone is 4. The van der Waals surface area contributed by atoms with Crippen LogP contribution >= 0.6 is 7.82 Å². The summed E-state index contributed by atoms with van der Waals surface area (Å²) in [5, 5.41) is 21.9. The normalized spacial score (nSPS) is 13.9. The van der Waals surface area contributed by atoms with E-state index in [1.807, 2.05) is 0 Å². The van der Waals surface area contributed by atoms with Crippen LogP contribution in [0.3, 0.4) is 0 Å². The number of aliphatic hydroxyl groups is 1. The number of nitrogens with one attached hydrogen (secondary N) is 1. The molecule has 12 heteroatoms. The third-order valence-corrected chi connectivity index (χ3v) is 11.2. The minimum absolute atomic E-state index is 0.150. The van der Waals surface area contributed by atoms with Gasteiger partial charge in [0.1, 0.15) is 12.7 Å². The summed E-state index contributed by atoms with van der Waals surface area (Å²) in [7, 11) is -4.76. The average Bonchev–Trinajstić information content (AvgIpc) is 3.20. The highest BCUT2D eigenvalue weighted by Crippen LogP contribution is 2.43. The van der Waals surface area contributed by atoms with Gasteiger partial charge in [0.05, 0.1) is 13.2 Å². The van der Waals surface area contributed by atoms with Gasteiger partial charge in [-0.2, -0.15) is 0 Å². The fourth-order valence-electron chi connectivity index (χ4n) is 6.58. The Morgan fingerprint density at radius 2 is 0.948 bits per heavy atom. The molecule has 0 aliphatic carbocycles. The third kappa shape index (κ3) is 40.7. The zero-order chi connectivity index (χ0) is 42.8. The smallest absolute Gasteiger partial charge is 0.472 e. The van der Waals surface area contributed by atoms with Crippen LogP contribution < -0.4 is 5.32 Å². The van der Waals surface area contributed by atoms with Gasteiger partial charge in [0.25, 0.3) is 0 Å². The first-order chi connectivity index (χ1) is 28.1. The Hall–Kier alpha value is -2.04. The topological polar surface area (TPSA) is 169 Å². The number of aliphatic carboxylic acids is 1. The van der Waals surface area contributed by atoms with Crippen LogP contribution in [-0.2, 0) is 32.7 Å². The standard InChI is InChI=1S/C46H86NO10P/c1-3-5-7-9-11-13-15-17-19-21-23-25-27-29-31-33-35-37-44(49)47-43(46(51)52)41-57-58(53,54)56-40-42(48)39-55-45(50)38-36-34-32-30-28-26-24-22-20-18-16-14-12-10-8-6-4-2/h12,14,18,20,42-43,48H,3-11,13,15-17,19,21-41H2,1-2H3,(H,47,49)(H,51,52)(H,53,54)/b14-12-,20-18-. The predicted octanol–water partition coefficient (Wildman–Crippen LogP) is 12.2. The second-order valence-corrected chi connectivity index (χ2v) is 17.4. The van der Waals surface area contributed by atoms with Crippen LogP contribution in [0.5, 0.6) is 0 Å². The zero-order valence-corrected chi connectivity index (χ0v) is 37.8. The Morgan fingerprint density at radius 3 is 1.43 bits per heavy atom. The van der Waals surface area contributed by atoms with Crippen molar-refractivity contribution in [3.05, 3.63) is 24.3 Å². The number of carboxylic acid groups (broad SMARTS) is 1. The molecule has 0 bridgehead atoms. The van der Waals surface area contributed by atoms with Gasteiger partial charge in [-0.25, -0.2) is 9.36 Å². The van der Waals surface area contributed by atoms with E-state index in [1.165, 1.54) is 128 Å². The van der Waals surface area contributed by atoms with E-state index in [2.05, 4.69) is 43.5 Å². The number of ether oxygens (including phenoxy) is 1. The number of carboxylic acids is 1. The molecule has 340 valence electrons. The molecule has 3 unspecified atom stereocenters. The molecule has 3 atom stereocenters. The van der Waals surface area contributed by atoms with Crippen LogP contribution in [0.4, 0.5) is 0 Å². The van der Waals surface area contributed by atoms with Gasteiger partial charge in [-0.05, 0) is 44.9 Å². The molecule has 0 rings (SSSR count). The molecule has 0 fully saturated rings. The monoisotopic (exact) mass is 844 g/mol. The summed E-state index contributed by atoms with van der Waals surface area (Å²) in [6.45, 7) is 2.59. The number of carbonyl (C=O) groups is 3. The first-order valence-electron chi connectivity index (χ1n) is 23.4. The molecule has 0 aliphatic rings. The molecule has 0 spiro atoms. The largest absolute Gasteiger partial charge is 0.480 e. The van der Waals surface area contributed by atoms with Crippen molar-refractivity contribution < 1.29 is 47.8 Å². The Morgan fingerprint density at radius 1 is 0.552 bits per heavy atom. The molecule has 0 radical (unpaired) electrons. The number of phosphoric ester groups is 1. The highest BCUT2D eigenvalue weighted by Gasteiger charge is 2.28. The fourth-order valence-corrected chi connectivity index (χ4v) is 7.35. The van der Waals surface area contributed by atoms with Crippen LogP contribution in [0, 0.1) is 0 Å². The quantitative estimate of drug-likeness (QED) is 0.0200. The van der Waals surface area contributed by atoms with Gasteiger partial charge in [0, 0.05) is 12.8 Å². The summed E-state index contributed by atoms with van der Waals surface area (Å²) in [4.78, 5) is 46.0. The lowest BCUT2D eigenvalue weighted by Crippen LogP contribution is -2.43. The van der Waals surface area contributed by atoms with Crippen LogP contribution in [0.15, 0.2) is 24.3 Å². The maximum atomic E-state index is 12.3. The van der Waals surface area contributed by atoms with Gasteiger partial charge in [-0.3, -0.25) is 18.6 Å². The van der Waals surface area contributed by atoms with Crippen molar-refractivity contribution in [2.75, 3.05) is 19.8 Å². The van der Waals surface area contributed by atoms with Crippen LogP contribution in [0.1, 0.15) is 219 Å². The van der Waals surface area contributed by atoms with E-state index in [4.69, 9.17) is 13.8 Å². The maximum absolute atomic E-state index is 12.3. The summed E-state index contributed by atoms with van der Waals surface area (Å²) in [5.41, 5.74) is 0. The fraction of sp³-hybridized carbons (Fsp3) is 0.848. The summed E-state index contributed by atoms with van der Waals surface area (Å²) in [5.74, 6) is -2.37. The highest BCUT2D eigenvalue weighted by molar-refractivity contribution is 7.47. The second-order valence-electron chi connectivity index (χ2n) is 15.9. The van der Waals surface area contributed by atoms with E-state index < -0.39 is 57.6 Å². The molecule has 0 aromatic rings. The number of rotatable bonds is 44. The molecule has 0 saturated heterocycles. The number of phosphoric acid groups is 1. The van der Waals surface area contributed by atoms with Gasteiger partial charge in [-0.1, -0.05) is 186 Å². The number of unbranched alkanes of at least 4 members (excludes halogenated alkanes) is 26. The molecule has 58 heavy (non-hydrogen) atoms. The Kier molecular flexibility index (Phi) is 40.2.